The number of carbonyl (C=O) groups excluding carboxylic acids is 2. The first-order chi connectivity index (χ1) is 8.06. The lowest BCUT2D eigenvalue weighted by Crippen LogP contribution is -2.35. The normalized spacial score (nSPS) is 20.2. The second-order valence-corrected chi connectivity index (χ2v) is 4.17. The minimum Gasteiger partial charge on any atom is -0.445 e. The quantitative estimate of drug-likeness (QED) is 0.557. The molecule has 1 fully saturated rings. The van der Waals surface area contributed by atoms with Gasteiger partial charge in [0.15, 0.2) is 5.78 Å². The SMILES string of the molecule is C=CCOC(=O)N1CCC[C@@H]1/C=C(\C)C(C)=O. The largest absolute Gasteiger partial charge is 0.445 e. The van der Waals surface area contributed by atoms with Crippen molar-refractivity contribution in [2.75, 3.05) is 13.2 Å². The van der Waals surface area contributed by atoms with Gasteiger partial charge in [0.1, 0.15) is 6.61 Å². The molecule has 1 heterocycles. The molecule has 1 atom stereocenters. The van der Waals surface area contributed by atoms with Crippen LogP contribution in [0.25, 0.3) is 0 Å². The molecule has 1 amide bonds. The highest BCUT2D eigenvalue weighted by Gasteiger charge is 2.28. The molecule has 1 rings (SSSR count). The van der Waals surface area contributed by atoms with E-state index in [2.05, 4.69) is 6.58 Å². The number of hydrogen-bond donors (Lipinski definition) is 0. The van der Waals surface area contributed by atoms with E-state index < -0.39 is 0 Å². The van der Waals surface area contributed by atoms with Crippen LogP contribution in [0.4, 0.5) is 4.79 Å². The number of ketones is 1. The van der Waals surface area contributed by atoms with E-state index >= 15 is 0 Å². The minimum absolute atomic E-state index is 0.0174. The van der Waals surface area contributed by atoms with Crippen molar-refractivity contribution < 1.29 is 14.3 Å². The fourth-order valence-electron chi connectivity index (χ4n) is 1.81. The molecule has 0 saturated carbocycles. The number of hydrogen-bond acceptors (Lipinski definition) is 3. The molecule has 1 aliphatic heterocycles. The van der Waals surface area contributed by atoms with Gasteiger partial charge in [0.05, 0.1) is 6.04 Å². The maximum atomic E-state index is 11.7. The Hall–Kier alpha value is -1.58. The highest BCUT2D eigenvalue weighted by Crippen LogP contribution is 2.20. The molecule has 0 aliphatic carbocycles. The van der Waals surface area contributed by atoms with Crippen LogP contribution in [0, 0.1) is 0 Å². The third-order valence-corrected chi connectivity index (χ3v) is 2.86. The second-order valence-electron chi connectivity index (χ2n) is 4.17. The van der Waals surface area contributed by atoms with E-state index in [0.29, 0.717) is 12.1 Å². The van der Waals surface area contributed by atoms with Gasteiger partial charge in [-0.15, -0.1) is 0 Å². The fourth-order valence-corrected chi connectivity index (χ4v) is 1.81. The monoisotopic (exact) mass is 237 g/mol. The van der Waals surface area contributed by atoms with Crippen molar-refractivity contribution in [3.8, 4) is 0 Å². The Kier molecular flexibility index (Phi) is 4.94. The summed E-state index contributed by atoms with van der Waals surface area (Å²) >= 11 is 0. The van der Waals surface area contributed by atoms with E-state index in [1.165, 1.54) is 6.92 Å². The Morgan fingerprint density at radius 3 is 2.76 bits per heavy atom. The number of ether oxygens (including phenoxy) is 1. The summed E-state index contributed by atoms with van der Waals surface area (Å²) in [5.41, 5.74) is 0.693. The van der Waals surface area contributed by atoms with Gasteiger partial charge in [0.2, 0.25) is 0 Å². The average Bonchev–Trinajstić information content (AvgIpc) is 2.73. The Bertz CT molecular complexity index is 347. The van der Waals surface area contributed by atoms with E-state index in [4.69, 9.17) is 4.74 Å². The van der Waals surface area contributed by atoms with Gasteiger partial charge in [-0.3, -0.25) is 4.79 Å². The fraction of sp³-hybridized carbons (Fsp3) is 0.538. The lowest BCUT2D eigenvalue weighted by molar-refractivity contribution is -0.113. The van der Waals surface area contributed by atoms with Crippen molar-refractivity contribution >= 4 is 11.9 Å². The molecule has 0 radical (unpaired) electrons. The lowest BCUT2D eigenvalue weighted by atomic mass is 10.1. The van der Waals surface area contributed by atoms with E-state index in [-0.39, 0.29) is 24.5 Å². The van der Waals surface area contributed by atoms with Gasteiger partial charge >= 0.3 is 6.09 Å². The Morgan fingerprint density at radius 2 is 2.18 bits per heavy atom. The summed E-state index contributed by atoms with van der Waals surface area (Å²) in [6.45, 7) is 7.70. The standard InChI is InChI=1S/C13H19NO3/c1-4-8-17-13(16)14-7-5-6-12(14)9-10(2)11(3)15/h4,9,12H,1,5-8H2,2-3H3/b10-9+/t12-/m1/s1. The topological polar surface area (TPSA) is 46.6 Å². The zero-order valence-electron chi connectivity index (χ0n) is 10.4. The maximum Gasteiger partial charge on any atom is 0.410 e. The lowest BCUT2D eigenvalue weighted by Gasteiger charge is -2.21. The van der Waals surface area contributed by atoms with Crippen LogP contribution < -0.4 is 0 Å². The molecular formula is C13H19NO3. The molecule has 17 heavy (non-hydrogen) atoms. The number of carbonyl (C=O) groups is 2. The second kappa shape index (κ2) is 6.23. The van der Waals surface area contributed by atoms with E-state index in [1.54, 1.807) is 17.9 Å². The Morgan fingerprint density at radius 1 is 1.47 bits per heavy atom. The number of likely N-dealkylation sites (tertiary alicyclic amines) is 1. The smallest absolute Gasteiger partial charge is 0.410 e. The summed E-state index contributed by atoms with van der Waals surface area (Å²) in [4.78, 5) is 24.5. The van der Waals surface area contributed by atoms with Crippen molar-refractivity contribution in [3.05, 3.63) is 24.3 Å². The van der Waals surface area contributed by atoms with Crippen molar-refractivity contribution in [1.29, 1.82) is 0 Å². The van der Waals surface area contributed by atoms with Gasteiger partial charge in [-0.05, 0) is 32.3 Å². The average molecular weight is 237 g/mol. The number of amides is 1. The van der Waals surface area contributed by atoms with Gasteiger partial charge in [-0.25, -0.2) is 4.79 Å². The third kappa shape index (κ3) is 3.73. The van der Waals surface area contributed by atoms with Crippen molar-refractivity contribution in [2.45, 2.75) is 32.7 Å². The van der Waals surface area contributed by atoms with Crippen molar-refractivity contribution in [3.63, 3.8) is 0 Å². The summed E-state index contributed by atoms with van der Waals surface area (Å²) < 4.78 is 5.00. The van der Waals surface area contributed by atoms with Crippen molar-refractivity contribution in [2.24, 2.45) is 0 Å². The molecule has 0 bridgehead atoms. The number of allylic oxidation sites excluding steroid dienone is 1. The van der Waals surface area contributed by atoms with Crippen LogP contribution in [0.1, 0.15) is 26.7 Å². The summed E-state index contributed by atoms with van der Waals surface area (Å²) in [5, 5.41) is 0. The summed E-state index contributed by atoms with van der Waals surface area (Å²) in [6, 6.07) is -0.0174. The van der Waals surface area contributed by atoms with Crippen molar-refractivity contribution in [1.82, 2.24) is 4.90 Å². The van der Waals surface area contributed by atoms with Gasteiger partial charge in [0, 0.05) is 6.54 Å². The van der Waals surface area contributed by atoms with Crippen LogP contribution in [0.2, 0.25) is 0 Å². The van der Waals surface area contributed by atoms with Gasteiger partial charge < -0.3 is 9.64 Å². The molecule has 0 aromatic carbocycles. The molecule has 0 unspecified atom stereocenters. The molecule has 0 spiro atoms. The van der Waals surface area contributed by atoms with Crippen LogP contribution in [-0.4, -0.2) is 36.0 Å². The molecular weight excluding hydrogens is 218 g/mol. The number of nitrogens with zero attached hydrogens (tertiary/aromatic N) is 1. The first-order valence-electron chi connectivity index (χ1n) is 5.80. The molecule has 94 valence electrons. The van der Waals surface area contributed by atoms with E-state index in [1.807, 2.05) is 6.08 Å². The molecule has 4 nitrogen and oxygen atoms in total. The molecule has 4 heteroatoms. The first kappa shape index (κ1) is 13.5. The Balaban J connectivity index is 2.66. The molecule has 0 N–H and O–H groups in total. The van der Waals surface area contributed by atoms with Crippen LogP contribution in [0.5, 0.6) is 0 Å². The van der Waals surface area contributed by atoms with Crippen LogP contribution in [0.15, 0.2) is 24.3 Å². The van der Waals surface area contributed by atoms with Gasteiger partial charge in [-0.2, -0.15) is 0 Å². The highest BCUT2D eigenvalue weighted by molar-refractivity contribution is 5.92. The van der Waals surface area contributed by atoms with Crippen LogP contribution in [0.3, 0.4) is 0 Å². The zero-order chi connectivity index (χ0) is 12.8. The summed E-state index contributed by atoms with van der Waals surface area (Å²) in [7, 11) is 0. The van der Waals surface area contributed by atoms with Gasteiger partial charge in [-0.1, -0.05) is 18.7 Å². The van der Waals surface area contributed by atoms with Crippen LogP contribution >= 0.6 is 0 Å². The number of rotatable bonds is 4. The zero-order valence-corrected chi connectivity index (χ0v) is 10.4. The third-order valence-electron chi connectivity index (χ3n) is 2.86. The maximum absolute atomic E-state index is 11.7. The highest BCUT2D eigenvalue weighted by atomic mass is 16.6. The van der Waals surface area contributed by atoms with Crippen LogP contribution in [-0.2, 0) is 9.53 Å². The van der Waals surface area contributed by atoms with Gasteiger partial charge in [0.25, 0.3) is 0 Å². The van der Waals surface area contributed by atoms with E-state index in [9.17, 15) is 9.59 Å². The Labute approximate surface area is 102 Å². The first-order valence-corrected chi connectivity index (χ1v) is 5.80. The summed E-state index contributed by atoms with van der Waals surface area (Å²) in [6.07, 6.45) is 4.88. The predicted octanol–water partition coefficient (Wildman–Crippen LogP) is 2.31. The summed E-state index contributed by atoms with van der Waals surface area (Å²) in [5.74, 6) is 0.0382. The molecule has 1 saturated heterocycles. The molecule has 1 aliphatic rings. The number of Topliss-reactive ketones (excluding diaryl/α,β-unsaturated/α-hetero) is 1. The minimum atomic E-state index is -0.333. The predicted molar refractivity (Wildman–Crippen MR) is 65.7 cm³/mol. The van der Waals surface area contributed by atoms with E-state index in [0.717, 1.165) is 12.8 Å². The molecule has 0 aromatic rings. The molecule has 0 aromatic heterocycles.